The molecule has 23 heavy (non-hydrogen) atoms. The van der Waals surface area contributed by atoms with Crippen LogP contribution in [0.25, 0.3) is 0 Å². The number of amides is 2. The summed E-state index contributed by atoms with van der Waals surface area (Å²) in [5.74, 6) is 0.212. The van der Waals surface area contributed by atoms with Crippen molar-refractivity contribution >= 4 is 11.8 Å². The van der Waals surface area contributed by atoms with E-state index in [4.69, 9.17) is 5.73 Å². The van der Waals surface area contributed by atoms with E-state index in [2.05, 4.69) is 31.3 Å². The van der Waals surface area contributed by atoms with E-state index < -0.39 is 0 Å². The van der Waals surface area contributed by atoms with Crippen LogP contribution in [0.2, 0.25) is 0 Å². The predicted molar refractivity (Wildman–Crippen MR) is 90.8 cm³/mol. The van der Waals surface area contributed by atoms with Crippen LogP contribution in [0.1, 0.15) is 50.3 Å². The fourth-order valence-electron chi connectivity index (χ4n) is 2.85. The Labute approximate surface area is 138 Å². The van der Waals surface area contributed by atoms with Crippen molar-refractivity contribution in [1.29, 1.82) is 0 Å². The van der Waals surface area contributed by atoms with E-state index in [1.54, 1.807) is 4.90 Å². The van der Waals surface area contributed by atoms with Gasteiger partial charge in [0.2, 0.25) is 11.8 Å². The second-order valence-electron chi connectivity index (χ2n) is 6.51. The number of carbonyl (C=O) groups excluding carboxylic acids is 2. The lowest BCUT2D eigenvalue weighted by Crippen LogP contribution is -2.37. The molecule has 2 amide bonds. The van der Waals surface area contributed by atoms with E-state index in [1.165, 1.54) is 5.56 Å². The van der Waals surface area contributed by atoms with Crippen LogP contribution < -0.4 is 11.1 Å². The third-order valence-corrected chi connectivity index (χ3v) is 4.49. The molecule has 1 aliphatic rings. The monoisotopic (exact) mass is 317 g/mol. The van der Waals surface area contributed by atoms with E-state index >= 15 is 0 Å². The van der Waals surface area contributed by atoms with Crippen LogP contribution >= 0.6 is 0 Å². The smallest absolute Gasteiger partial charge is 0.225 e. The molecule has 1 fully saturated rings. The number of rotatable bonds is 6. The van der Waals surface area contributed by atoms with Gasteiger partial charge in [-0.2, -0.15) is 0 Å². The predicted octanol–water partition coefficient (Wildman–Crippen LogP) is 1.79. The van der Waals surface area contributed by atoms with Crippen LogP contribution in [0.15, 0.2) is 24.3 Å². The van der Waals surface area contributed by atoms with Gasteiger partial charge in [0.1, 0.15) is 0 Å². The van der Waals surface area contributed by atoms with Crippen molar-refractivity contribution in [2.45, 2.75) is 39.2 Å². The van der Waals surface area contributed by atoms with Crippen LogP contribution in [-0.4, -0.2) is 36.3 Å². The fraction of sp³-hybridized carbons (Fsp3) is 0.556. The van der Waals surface area contributed by atoms with Crippen molar-refractivity contribution < 1.29 is 9.59 Å². The number of nitrogens with zero attached hydrogens (tertiary/aromatic N) is 1. The Hall–Kier alpha value is -1.88. The Morgan fingerprint density at radius 1 is 1.30 bits per heavy atom. The number of benzene rings is 1. The maximum atomic E-state index is 12.2. The SMILES string of the molecule is CCN1CC(C(=O)NCC(N)c2ccc(C(C)C)cc2)CC1=O. The van der Waals surface area contributed by atoms with Crippen molar-refractivity contribution in [2.24, 2.45) is 11.7 Å². The van der Waals surface area contributed by atoms with Crippen molar-refractivity contribution in [3.8, 4) is 0 Å². The fourth-order valence-corrected chi connectivity index (χ4v) is 2.85. The van der Waals surface area contributed by atoms with Gasteiger partial charge in [-0.25, -0.2) is 0 Å². The van der Waals surface area contributed by atoms with Gasteiger partial charge in [-0.15, -0.1) is 0 Å². The minimum Gasteiger partial charge on any atom is -0.354 e. The Bertz CT molecular complexity index is 554. The summed E-state index contributed by atoms with van der Waals surface area (Å²) >= 11 is 0. The summed E-state index contributed by atoms with van der Waals surface area (Å²) in [5, 5.41) is 2.88. The number of carbonyl (C=O) groups is 2. The minimum absolute atomic E-state index is 0.0567. The molecule has 126 valence electrons. The van der Waals surface area contributed by atoms with E-state index in [-0.39, 0.29) is 23.8 Å². The number of likely N-dealkylation sites (tertiary alicyclic amines) is 1. The Morgan fingerprint density at radius 2 is 1.91 bits per heavy atom. The highest BCUT2D eigenvalue weighted by Crippen LogP contribution is 2.19. The van der Waals surface area contributed by atoms with Gasteiger partial charge < -0.3 is 16.0 Å². The van der Waals surface area contributed by atoms with Gasteiger partial charge in [0, 0.05) is 32.1 Å². The van der Waals surface area contributed by atoms with Gasteiger partial charge >= 0.3 is 0 Å². The summed E-state index contributed by atoms with van der Waals surface area (Å²) < 4.78 is 0. The van der Waals surface area contributed by atoms with Gasteiger partial charge in [-0.05, 0) is 24.0 Å². The molecule has 1 saturated heterocycles. The zero-order valence-electron chi connectivity index (χ0n) is 14.2. The topological polar surface area (TPSA) is 75.4 Å². The molecule has 1 aromatic carbocycles. The average Bonchev–Trinajstić information content (AvgIpc) is 2.93. The maximum absolute atomic E-state index is 12.2. The number of hydrogen-bond acceptors (Lipinski definition) is 3. The number of hydrogen-bond donors (Lipinski definition) is 2. The molecule has 0 radical (unpaired) electrons. The van der Waals surface area contributed by atoms with Crippen molar-refractivity contribution in [1.82, 2.24) is 10.2 Å². The highest BCUT2D eigenvalue weighted by molar-refractivity contribution is 5.89. The molecular weight excluding hydrogens is 290 g/mol. The summed E-state index contributed by atoms with van der Waals surface area (Å²) in [6.45, 7) is 7.78. The third-order valence-electron chi connectivity index (χ3n) is 4.49. The van der Waals surface area contributed by atoms with Gasteiger partial charge in [-0.1, -0.05) is 38.1 Å². The third kappa shape index (κ3) is 4.32. The van der Waals surface area contributed by atoms with Crippen LogP contribution in [-0.2, 0) is 9.59 Å². The molecule has 2 unspecified atom stereocenters. The highest BCUT2D eigenvalue weighted by atomic mass is 16.2. The van der Waals surface area contributed by atoms with E-state index in [0.717, 1.165) is 5.56 Å². The number of nitrogens with one attached hydrogen (secondary N) is 1. The minimum atomic E-state index is -0.252. The first kappa shape index (κ1) is 17.5. The molecule has 0 saturated carbocycles. The first-order chi connectivity index (χ1) is 10.9. The Balaban J connectivity index is 1.85. The highest BCUT2D eigenvalue weighted by Gasteiger charge is 2.33. The largest absolute Gasteiger partial charge is 0.354 e. The molecule has 0 bridgehead atoms. The molecule has 3 N–H and O–H groups in total. The van der Waals surface area contributed by atoms with Crippen LogP contribution in [0.5, 0.6) is 0 Å². The summed E-state index contributed by atoms with van der Waals surface area (Å²) in [6, 6.07) is 7.96. The normalized spacial score (nSPS) is 19.3. The summed E-state index contributed by atoms with van der Waals surface area (Å²) in [4.78, 5) is 25.6. The van der Waals surface area contributed by atoms with Crippen LogP contribution in [0.3, 0.4) is 0 Å². The molecule has 0 aromatic heterocycles. The summed E-state index contributed by atoms with van der Waals surface area (Å²) in [6.07, 6.45) is 0.304. The Kier molecular flexibility index (Phi) is 5.77. The second-order valence-corrected chi connectivity index (χ2v) is 6.51. The van der Waals surface area contributed by atoms with E-state index in [9.17, 15) is 9.59 Å². The quantitative estimate of drug-likeness (QED) is 0.840. The molecule has 5 heteroatoms. The molecule has 1 aliphatic heterocycles. The molecular formula is C18H27N3O2. The Morgan fingerprint density at radius 3 is 2.43 bits per heavy atom. The van der Waals surface area contributed by atoms with Gasteiger partial charge in [0.05, 0.1) is 5.92 Å². The lowest BCUT2D eigenvalue weighted by atomic mass is 9.99. The standard InChI is InChI=1S/C18H27N3O2/c1-4-21-11-15(9-17(21)22)18(23)20-10-16(19)14-7-5-13(6-8-14)12(2)3/h5-8,12,15-16H,4,9-11,19H2,1-3H3,(H,20,23). The molecule has 0 spiro atoms. The maximum Gasteiger partial charge on any atom is 0.225 e. The molecule has 0 aliphatic carbocycles. The zero-order chi connectivity index (χ0) is 17.0. The molecule has 2 rings (SSSR count). The lowest BCUT2D eigenvalue weighted by Gasteiger charge is -2.17. The number of nitrogens with two attached hydrogens (primary N) is 1. The van der Waals surface area contributed by atoms with Gasteiger partial charge in [0.25, 0.3) is 0 Å². The van der Waals surface area contributed by atoms with Crippen molar-refractivity contribution in [2.75, 3.05) is 19.6 Å². The molecule has 5 nitrogen and oxygen atoms in total. The van der Waals surface area contributed by atoms with E-state index in [1.807, 2.05) is 19.1 Å². The first-order valence-electron chi connectivity index (χ1n) is 8.33. The van der Waals surface area contributed by atoms with Gasteiger partial charge in [-0.3, -0.25) is 9.59 Å². The van der Waals surface area contributed by atoms with Crippen LogP contribution in [0, 0.1) is 5.92 Å². The van der Waals surface area contributed by atoms with Gasteiger partial charge in [0.15, 0.2) is 0 Å². The average molecular weight is 317 g/mol. The second kappa shape index (κ2) is 7.59. The summed E-state index contributed by atoms with van der Waals surface area (Å²) in [7, 11) is 0. The van der Waals surface area contributed by atoms with Crippen LogP contribution in [0.4, 0.5) is 0 Å². The zero-order valence-corrected chi connectivity index (χ0v) is 14.2. The molecule has 1 heterocycles. The van der Waals surface area contributed by atoms with Crippen molar-refractivity contribution in [3.05, 3.63) is 35.4 Å². The lowest BCUT2D eigenvalue weighted by molar-refractivity contribution is -0.128. The molecule has 2 atom stereocenters. The van der Waals surface area contributed by atoms with Crippen molar-refractivity contribution in [3.63, 3.8) is 0 Å². The molecule has 1 aromatic rings. The first-order valence-corrected chi connectivity index (χ1v) is 8.33. The summed E-state index contributed by atoms with van der Waals surface area (Å²) in [5.41, 5.74) is 8.44. The van der Waals surface area contributed by atoms with E-state index in [0.29, 0.717) is 32.0 Å².